The number of hydrogen-bond donors (Lipinski definition) is 1. The minimum absolute atomic E-state index is 0.594. The second kappa shape index (κ2) is 5.87. The lowest BCUT2D eigenvalue weighted by Crippen LogP contribution is -3.05. The Morgan fingerprint density at radius 3 is 2.43 bits per heavy atom. The van der Waals surface area contributed by atoms with Crippen LogP contribution in [0.25, 0.3) is 5.57 Å². The van der Waals surface area contributed by atoms with Gasteiger partial charge in [-0.3, -0.25) is 0 Å². The van der Waals surface area contributed by atoms with Crippen LogP contribution in [0.2, 0.25) is 0 Å². The fourth-order valence-corrected chi connectivity index (χ4v) is 3.36. The van der Waals surface area contributed by atoms with E-state index in [1.165, 1.54) is 45.7 Å². The average molecular weight is 278 g/mol. The Morgan fingerprint density at radius 1 is 1.00 bits per heavy atom. The van der Waals surface area contributed by atoms with Gasteiger partial charge in [-0.2, -0.15) is 0 Å². The number of rotatable bonds is 3. The van der Waals surface area contributed by atoms with E-state index in [1.807, 2.05) is 0 Å². The van der Waals surface area contributed by atoms with Gasteiger partial charge in [0, 0.05) is 6.42 Å². The van der Waals surface area contributed by atoms with Crippen LogP contribution in [0.1, 0.15) is 34.6 Å². The van der Waals surface area contributed by atoms with Crippen molar-refractivity contribution < 1.29 is 4.90 Å². The predicted octanol–water partition coefficient (Wildman–Crippen LogP) is 2.92. The minimum atomic E-state index is 0.594. The first-order valence-corrected chi connectivity index (χ1v) is 7.82. The van der Waals surface area contributed by atoms with Crippen LogP contribution in [0.4, 0.5) is 0 Å². The predicted molar refractivity (Wildman–Crippen MR) is 89.8 cm³/mol. The van der Waals surface area contributed by atoms with Crippen LogP contribution >= 0.6 is 0 Å². The lowest BCUT2D eigenvalue weighted by molar-refractivity contribution is -0.858. The molecule has 0 amide bonds. The van der Waals surface area contributed by atoms with Crippen LogP contribution in [0.5, 0.6) is 0 Å². The van der Waals surface area contributed by atoms with Crippen LogP contribution in [0.3, 0.4) is 0 Å². The molecular weight excluding hydrogens is 254 g/mol. The Balaban J connectivity index is 2.06. The summed E-state index contributed by atoms with van der Waals surface area (Å²) in [5, 5.41) is 0. The summed E-state index contributed by atoms with van der Waals surface area (Å²) in [4.78, 5) is 1.52. The van der Waals surface area contributed by atoms with Crippen LogP contribution in [0, 0.1) is 0 Å². The summed E-state index contributed by atoms with van der Waals surface area (Å²) in [5.41, 5.74) is 6.75. The van der Waals surface area contributed by atoms with Crippen molar-refractivity contribution in [1.29, 1.82) is 0 Å². The molecule has 3 rings (SSSR count). The van der Waals surface area contributed by atoms with Gasteiger partial charge in [0.05, 0.1) is 20.6 Å². The molecule has 0 bridgehead atoms. The van der Waals surface area contributed by atoms with Crippen molar-refractivity contribution in [1.82, 2.24) is 0 Å². The van der Waals surface area contributed by atoms with Crippen molar-refractivity contribution in [2.45, 2.75) is 18.8 Å². The summed E-state index contributed by atoms with van der Waals surface area (Å²) in [6.07, 6.45) is 2.35. The van der Waals surface area contributed by atoms with Crippen LogP contribution in [0.15, 0.2) is 55.1 Å². The van der Waals surface area contributed by atoms with Crippen molar-refractivity contribution >= 4 is 5.57 Å². The van der Waals surface area contributed by atoms with E-state index in [0.29, 0.717) is 5.92 Å². The molecule has 0 saturated carbocycles. The number of quaternary nitrogens is 1. The molecule has 0 unspecified atom stereocenters. The molecule has 1 N–H and O–H groups in total. The van der Waals surface area contributed by atoms with Gasteiger partial charge < -0.3 is 4.90 Å². The second-order valence-corrected chi connectivity index (χ2v) is 6.37. The molecule has 0 radical (unpaired) electrons. The summed E-state index contributed by atoms with van der Waals surface area (Å²) in [7, 11) is 4.46. The van der Waals surface area contributed by atoms with Crippen molar-refractivity contribution in [2.24, 2.45) is 0 Å². The van der Waals surface area contributed by atoms with Gasteiger partial charge in [0.15, 0.2) is 0 Å². The molecule has 1 aliphatic carbocycles. The fourth-order valence-electron chi connectivity index (χ4n) is 3.36. The Kier molecular flexibility index (Phi) is 3.94. The van der Waals surface area contributed by atoms with Gasteiger partial charge in [-0.05, 0) is 40.2 Å². The molecule has 1 nitrogen and oxygen atoms in total. The quantitative estimate of drug-likeness (QED) is 0.880. The molecule has 0 heterocycles. The monoisotopic (exact) mass is 278 g/mol. The molecule has 0 saturated heterocycles. The maximum atomic E-state index is 4.38. The largest absolute Gasteiger partial charge is 0.340 e. The van der Waals surface area contributed by atoms with Gasteiger partial charge in [0.2, 0.25) is 0 Å². The first kappa shape index (κ1) is 14.1. The molecule has 0 aliphatic heterocycles. The van der Waals surface area contributed by atoms with E-state index in [2.05, 4.69) is 69.2 Å². The normalized spacial score (nSPS) is 17.3. The standard InChI is InChI=1S/C20H23N/c1-15-18-9-5-4-8-16(18)14-17(12-13-21(2)3)20-11-7-6-10-19(15)20/h4-11,17H,1,12-14H2,2-3H3/p+1/t17-/m0/s1. The summed E-state index contributed by atoms with van der Waals surface area (Å²) in [6, 6.07) is 17.6. The van der Waals surface area contributed by atoms with Crippen molar-refractivity contribution in [3.05, 3.63) is 77.4 Å². The summed E-state index contributed by atoms with van der Waals surface area (Å²) >= 11 is 0. The average Bonchev–Trinajstić information content (AvgIpc) is 2.62. The molecule has 0 aromatic heterocycles. The Bertz CT molecular complexity index is 654. The van der Waals surface area contributed by atoms with E-state index in [4.69, 9.17) is 0 Å². The highest BCUT2D eigenvalue weighted by Crippen LogP contribution is 2.38. The molecule has 2 aromatic rings. The van der Waals surface area contributed by atoms with Crippen molar-refractivity contribution in [3.8, 4) is 0 Å². The van der Waals surface area contributed by atoms with Gasteiger partial charge in [-0.15, -0.1) is 0 Å². The highest BCUT2D eigenvalue weighted by Gasteiger charge is 2.24. The van der Waals surface area contributed by atoms with Crippen LogP contribution in [-0.2, 0) is 6.42 Å². The second-order valence-electron chi connectivity index (χ2n) is 6.37. The maximum Gasteiger partial charge on any atom is 0.0772 e. The number of benzene rings is 2. The van der Waals surface area contributed by atoms with Crippen LogP contribution in [-0.4, -0.2) is 20.6 Å². The smallest absolute Gasteiger partial charge is 0.0772 e. The number of fused-ring (bicyclic) bond motifs is 2. The van der Waals surface area contributed by atoms with E-state index >= 15 is 0 Å². The zero-order valence-corrected chi connectivity index (χ0v) is 13.0. The third-order valence-electron chi connectivity index (χ3n) is 4.53. The Hall–Kier alpha value is -1.86. The van der Waals surface area contributed by atoms with Crippen molar-refractivity contribution in [2.75, 3.05) is 20.6 Å². The molecule has 2 aromatic carbocycles. The highest BCUT2D eigenvalue weighted by atomic mass is 15.0. The van der Waals surface area contributed by atoms with E-state index in [9.17, 15) is 0 Å². The Morgan fingerprint density at radius 2 is 1.67 bits per heavy atom. The Labute approximate surface area is 127 Å². The third kappa shape index (κ3) is 2.79. The van der Waals surface area contributed by atoms with Gasteiger partial charge >= 0.3 is 0 Å². The first-order valence-electron chi connectivity index (χ1n) is 7.82. The lowest BCUT2D eigenvalue weighted by Gasteiger charge is -2.19. The fraction of sp³-hybridized carbons (Fsp3) is 0.300. The van der Waals surface area contributed by atoms with Gasteiger partial charge in [0.1, 0.15) is 0 Å². The van der Waals surface area contributed by atoms with E-state index in [-0.39, 0.29) is 0 Å². The molecule has 1 aliphatic rings. The van der Waals surface area contributed by atoms with E-state index in [1.54, 1.807) is 0 Å². The van der Waals surface area contributed by atoms with Crippen LogP contribution < -0.4 is 4.90 Å². The topological polar surface area (TPSA) is 4.44 Å². The van der Waals surface area contributed by atoms with E-state index in [0.717, 1.165) is 6.42 Å². The molecule has 0 fully saturated rings. The SMILES string of the molecule is C=C1c2ccccc2C[C@H](CC[NH+](C)C)c2ccccc21. The third-order valence-corrected chi connectivity index (χ3v) is 4.53. The van der Waals surface area contributed by atoms with Gasteiger partial charge in [-0.25, -0.2) is 0 Å². The minimum Gasteiger partial charge on any atom is -0.340 e. The molecule has 21 heavy (non-hydrogen) atoms. The lowest BCUT2D eigenvalue weighted by atomic mass is 9.88. The molecule has 0 spiro atoms. The summed E-state index contributed by atoms with van der Waals surface area (Å²) < 4.78 is 0. The molecular formula is C20H24N+. The van der Waals surface area contributed by atoms with E-state index < -0.39 is 0 Å². The number of nitrogens with one attached hydrogen (secondary N) is 1. The molecule has 1 heteroatoms. The number of hydrogen-bond acceptors (Lipinski definition) is 0. The zero-order chi connectivity index (χ0) is 14.8. The summed E-state index contributed by atoms with van der Waals surface area (Å²) in [5.74, 6) is 0.594. The van der Waals surface area contributed by atoms with Crippen molar-refractivity contribution in [3.63, 3.8) is 0 Å². The highest BCUT2D eigenvalue weighted by molar-refractivity contribution is 5.82. The zero-order valence-electron chi connectivity index (χ0n) is 13.0. The first-order chi connectivity index (χ1) is 10.2. The van der Waals surface area contributed by atoms with Gasteiger partial charge in [-0.1, -0.05) is 55.1 Å². The molecule has 1 atom stereocenters. The maximum absolute atomic E-state index is 4.38. The molecule has 108 valence electrons. The van der Waals surface area contributed by atoms with Gasteiger partial charge in [0.25, 0.3) is 0 Å². The summed E-state index contributed by atoms with van der Waals surface area (Å²) in [6.45, 7) is 5.58.